The molecule has 0 spiro atoms. The van der Waals surface area contributed by atoms with E-state index in [9.17, 15) is 4.39 Å². The van der Waals surface area contributed by atoms with Crippen LogP contribution in [0.15, 0.2) is 54.6 Å². The van der Waals surface area contributed by atoms with Gasteiger partial charge in [0.25, 0.3) is 0 Å². The lowest BCUT2D eigenvalue weighted by molar-refractivity contribution is 0.527. The summed E-state index contributed by atoms with van der Waals surface area (Å²) in [5.41, 5.74) is 2.28. The highest BCUT2D eigenvalue weighted by Crippen LogP contribution is 2.18. The Labute approximate surface area is 114 Å². The van der Waals surface area contributed by atoms with Crippen LogP contribution in [0.1, 0.15) is 30.5 Å². The molecule has 0 fully saturated rings. The molecule has 2 aromatic carbocycles. The number of hydrogen-bond donors (Lipinski definition) is 1. The first kappa shape index (κ1) is 13.8. The molecule has 2 aromatic rings. The molecule has 0 aliphatic heterocycles. The topological polar surface area (TPSA) is 12.0 Å². The van der Waals surface area contributed by atoms with Gasteiger partial charge in [0.05, 0.1) is 0 Å². The second-order valence-corrected chi connectivity index (χ2v) is 4.75. The first-order chi connectivity index (χ1) is 9.29. The Kier molecular flexibility index (Phi) is 5.10. The highest BCUT2D eigenvalue weighted by Gasteiger charge is 2.11. The van der Waals surface area contributed by atoms with E-state index < -0.39 is 0 Å². The van der Waals surface area contributed by atoms with Crippen LogP contribution < -0.4 is 5.32 Å². The first-order valence-corrected chi connectivity index (χ1v) is 6.82. The van der Waals surface area contributed by atoms with E-state index in [0.717, 1.165) is 24.9 Å². The number of benzene rings is 2. The lowest BCUT2D eigenvalue weighted by atomic mass is 9.98. The van der Waals surface area contributed by atoms with E-state index in [1.807, 2.05) is 24.3 Å². The van der Waals surface area contributed by atoms with Crippen molar-refractivity contribution in [3.05, 3.63) is 71.5 Å². The maximum atomic E-state index is 13.3. The van der Waals surface area contributed by atoms with Gasteiger partial charge in [-0.2, -0.15) is 0 Å². The van der Waals surface area contributed by atoms with Gasteiger partial charge in [-0.05, 0) is 42.6 Å². The minimum atomic E-state index is -0.167. The van der Waals surface area contributed by atoms with Crippen LogP contribution in [0.3, 0.4) is 0 Å². The van der Waals surface area contributed by atoms with Gasteiger partial charge >= 0.3 is 0 Å². The zero-order valence-electron chi connectivity index (χ0n) is 11.3. The van der Waals surface area contributed by atoms with Crippen LogP contribution in [0.4, 0.5) is 4.39 Å². The SMILES string of the molecule is CCCNC(Cc1cccc(F)c1)c1ccccc1. The molecule has 0 amide bonds. The molecule has 0 saturated heterocycles. The molecule has 0 heterocycles. The summed E-state index contributed by atoms with van der Waals surface area (Å²) in [5.74, 6) is -0.167. The van der Waals surface area contributed by atoms with Crippen molar-refractivity contribution in [1.82, 2.24) is 5.32 Å². The van der Waals surface area contributed by atoms with Gasteiger partial charge < -0.3 is 5.32 Å². The van der Waals surface area contributed by atoms with Crippen molar-refractivity contribution in [3.63, 3.8) is 0 Å². The van der Waals surface area contributed by atoms with Crippen molar-refractivity contribution in [2.24, 2.45) is 0 Å². The van der Waals surface area contributed by atoms with Crippen LogP contribution >= 0.6 is 0 Å². The number of halogens is 1. The second-order valence-electron chi connectivity index (χ2n) is 4.75. The molecule has 0 aromatic heterocycles. The van der Waals surface area contributed by atoms with Crippen LogP contribution in [-0.2, 0) is 6.42 Å². The Morgan fingerprint density at radius 3 is 2.53 bits per heavy atom. The fraction of sp³-hybridized carbons (Fsp3) is 0.294. The minimum absolute atomic E-state index is 0.167. The van der Waals surface area contributed by atoms with Gasteiger partial charge in [0, 0.05) is 6.04 Å². The van der Waals surface area contributed by atoms with Crippen LogP contribution in [0.25, 0.3) is 0 Å². The summed E-state index contributed by atoms with van der Waals surface area (Å²) in [5, 5.41) is 3.53. The zero-order valence-corrected chi connectivity index (χ0v) is 11.3. The molecule has 0 aliphatic rings. The van der Waals surface area contributed by atoms with Crippen molar-refractivity contribution in [3.8, 4) is 0 Å². The molecule has 0 aliphatic carbocycles. The minimum Gasteiger partial charge on any atom is -0.310 e. The molecule has 1 N–H and O–H groups in total. The molecule has 2 heteroatoms. The Bertz CT molecular complexity index is 496. The fourth-order valence-corrected chi connectivity index (χ4v) is 2.21. The molecule has 0 saturated carbocycles. The lowest BCUT2D eigenvalue weighted by Crippen LogP contribution is -2.24. The van der Waals surface area contributed by atoms with Gasteiger partial charge in [0.15, 0.2) is 0 Å². The molecule has 0 bridgehead atoms. The van der Waals surface area contributed by atoms with Gasteiger partial charge in [0.1, 0.15) is 5.82 Å². The fourth-order valence-electron chi connectivity index (χ4n) is 2.21. The van der Waals surface area contributed by atoms with E-state index in [-0.39, 0.29) is 11.9 Å². The van der Waals surface area contributed by atoms with E-state index >= 15 is 0 Å². The summed E-state index contributed by atoms with van der Waals surface area (Å²) in [4.78, 5) is 0. The van der Waals surface area contributed by atoms with E-state index in [1.165, 1.54) is 11.6 Å². The van der Waals surface area contributed by atoms with Crippen LogP contribution in [-0.4, -0.2) is 6.54 Å². The van der Waals surface area contributed by atoms with E-state index in [1.54, 1.807) is 12.1 Å². The van der Waals surface area contributed by atoms with Crippen LogP contribution in [0.5, 0.6) is 0 Å². The molecule has 1 atom stereocenters. The van der Waals surface area contributed by atoms with Crippen molar-refractivity contribution >= 4 is 0 Å². The van der Waals surface area contributed by atoms with Crippen molar-refractivity contribution in [2.75, 3.05) is 6.54 Å². The van der Waals surface area contributed by atoms with Crippen LogP contribution in [0, 0.1) is 5.82 Å². The molecule has 100 valence electrons. The average Bonchev–Trinajstić information content (AvgIpc) is 2.44. The van der Waals surface area contributed by atoms with E-state index in [0.29, 0.717) is 0 Å². The van der Waals surface area contributed by atoms with Crippen molar-refractivity contribution in [1.29, 1.82) is 0 Å². The third kappa shape index (κ3) is 4.18. The molecule has 19 heavy (non-hydrogen) atoms. The Balaban J connectivity index is 2.14. The van der Waals surface area contributed by atoms with Gasteiger partial charge in [-0.25, -0.2) is 4.39 Å². The molecule has 1 nitrogen and oxygen atoms in total. The Morgan fingerprint density at radius 1 is 1.05 bits per heavy atom. The maximum absolute atomic E-state index is 13.3. The third-order valence-corrected chi connectivity index (χ3v) is 3.17. The van der Waals surface area contributed by atoms with Crippen molar-refractivity contribution < 1.29 is 4.39 Å². The highest BCUT2D eigenvalue weighted by molar-refractivity contribution is 5.24. The van der Waals surface area contributed by atoms with Crippen LogP contribution in [0.2, 0.25) is 0 Å². The zero-order chi connectivity index (χ0) is 13.5. The second kappa shape index (κ2) is 7.05. The van der Waals surface area contributed by atoms with E-state index in [2.05, 4.69) is 24.4 Å². The molecule has 0 radical (unpaired) electrons. The first-order valence-electron chi connectivity index (χ1n) is 6.82. The molecule has 2 rings (SSSR count). The molecular formula is C17H20FN. The largest absolute Gasteiger partial charge is 0.310 e. The predicted octanol–water partition coefficient (Wildman–Crippen LogP) is 4.11. The number of hydrogen-bond acceptors (Lipinski definition) is 1. The highest BCUT2D eigenvalue weighted by atomic mass is 19.1. The summed E-state index contributed by atoms with van der Waals surface area (Å²) in [6, 6.07) is 17.4. The Hall–Kier alpha value is -1.67. The summed E-state index contributed by atoms with van der Waals surface area (Å²) >= 11 is 0. The van der Waals surface area contributed by atoms with Gasteiger partial charge in [-0.1, -0.05) is 49.4 Å². The third-order valence-electron chi connectivity index (χ3n) is 3.17. The van der Waals surface area contributed by atoms with Gasteiger partial charge in [0.2, 0.25) is 0 Å². The average molecular weight is 257 g/mol. The van der Waals surface area contributed by atoms with E-state index in [4.69, 9.17) is 0 Å². The van der Waals surface area contributed by atoms with Gasteiger partial charge in [-0.3, -0.25) is 0 Å². The normalized spacial score (nSPS) is 12.3. The molecule has 1 unspecified atom stereocenters. The number of rotatable bonds is 6. The molecular weight excluding hydrogens is 237 g/mol. The maximum Gasteiger partial charge on any atom is 0.123 e. The summed E-state index contributed by atoms with van der Waals surface area (Å²) < 4.78 is 13.3. The lowest BCUT2D eigenvalue weighted by Gasteiger charge is -2.19. The monoisotopic (exact) mass is 257 g/mol. The summed E-state index contributed by atoms with van der Waals surface area (Å²) in [6.45, 7) is 3.12. The summed E-state index contributed by atoms with van der Waals surface area (Å²) in [6.07, 6.45) is 1.90. The number of nitrogens with one attached hydrogen (secondary N) is 1. The van der Waals surface area contributed by atoms with Gasteiger partial charge in [-0.15, -0.1) is 0 Å². The predicted molar refractivity (Wildman–Crippen MR) is 77.6 cm³/mol. The quantitative estimate of drug-likeness (QED) is 0.821. The Morgan fingerprint density at radius 2 is 1.84 bits per heavy atom. The summed E-state index contributed by atoms with van der Waals surface area (Å²) in [7, 11) is 0. The van der Waals surface area contributed by atoms with Crippen molar-refractivity contribution in [2.45, 2.75) is 25.8 Å². The smallest absolute Gasteiger partial charge is 0.123 e. The standard InChI is InChI=1S/C17H20FN/c1-2-11-19-17(15-8-4-3-5-9-15)13-14-7-6-10-16(18)12-14/h3-10,12,17,19H,2,11,13H2,1H3.